The lowest BCUT2D eigenvalue weighted by atomic mass is 10.2. The van der Waals surface area contributed by atoms with Crippen LogP contribution >= 0.6 is 0 Å². The van der Waals surface area contributed by atoms with Gasteiger partial charge in [-0.05, 0) is 73.5 Å². The molecular weight excluding hydrogens is 544 g/mol. The molecule has 2 aromatic heterocycles. The molecule has 0 spiro atoms. The molecule has 2 aromatic carbocycles. The van der Waals surface area contributed by atoms with Crippen molar-refractivity contribution in [3.8, 4) is 11.4 Å². The topological polar surface area (TPSA) is 132 Å². The number of nitrogens with zero attached hydrogens (tertiary/aromatic N) is 6. The summed E-state index contributed by atoms with van der Waals surface area (Å²) in [6.07, 6.45) is 5.78. The quantitative estimate of drug-likeness (QED) is 0.254. The van der Waals surface area contributed by atoms with E-state index in [1.54, 1.807) is 24.5 Å². The fraction of sp³-hybridized carbons (Fsp3) is 0.323. The van der Waals surface area contributed by atoms with Crippen LogP contribution in [0.3, 0.4) is 0 Å². The number of pyridine rings is 1. The molecule has 3 aliphatic rings. The summed E-state index contributed by atoms with van der Waals surface area (Å²) in [7, 11) is 0. The number of morpholine rings is 1. The van der Waals surface area contributed by atoms with Crippen LogP contribution in [0.5, 0.6) is 0 Å². The minimum Gasteiger partial charge on any atom is -0.371 e. The molecule has 4 N–H and O–H groups in total. The first-order valence-electron chi connectivity index (χ1n) is 14.7. The van der Waals surface area contributed by atoms with Crippen LogP contribution in [0, 0.1) is 0 Å². The number of fused-ring (bicyclic) bond motifs is 2. The van der Waals surface area contributed by atoms with E-state index in [9.17, 15) is 4.79 Å². The smallest absolute Gasteiger partial charge is 0.323 e. The van der Waals surface area contributed by atoms with Crippen LogP contribution in [-0.2, 0) is 4.74 Å². The number of hydrogen-bond acceptors (Lipinski definition) is 10. The largest absolute Gasteiger partial charge is 0.371 e. The molecule has 5 heterocycles. The Labute approximate surface area is 249 Å². The number of ether oxygens (including phenoxy) is 1. The Hall–Kier alpha value is -4.81. The molecule has 7 rings (SSSR count). The van der Waals surface area contributed by atoms with Crippen LogP contribution in [0.15, 0.2) is 73.1 Å². The van der Waals surface area contributed by atoms with Gasteiger partial charge in [0.05, 0.1) is 24.1 Å². The zero-order chi connectivity index (χ0) is 29.0. The SMILES string of the molecule is O=C(Nc1ccc(-c2nc(Nc3ccc(N4CCNCC4)cc3)nc(N3CC4CCC(C3)O4)n2)cc1)Nc1cccnc1. The van der Waals surface area contributed by atoms with E-state index in [2.05, 4.69) is 60.3 Å². The fourth-order valence-corrected chi connectivity index (χ4v) is 5.71. The predicted octanol–water partition coefficient (Wildman–Crippen LogP) is 4.10. The molecule has 3 aliphatic heterocycles. The number of aromatic nitrogens is 4. The molecule has 3 fully saturated rings. The lowest BCUT2D eigenvalue weighted by Crippen LogP contribution is -2.43. The number of benzene rings is 2. The molecule has 2 amide bonds. The summed E-state index contributed by atoms with van der Waals surface area (Å²) < 4.78 is 6.05. The number of hydrogen-bond donors (Lipinski definition) is 4. The first-order valence-corrected chi connectivity index (χ1v) is 14.7. The highest BCUT2D eigenvalue weighted by molar-refractivity contribution is 5.99. The van der Waals surface area contributed by atoms with E-state index in [4.69, 9.17) is 19.7 Å². The van der Waals surface area contributed by atoms with Crippen molar-refractivity contribution >= 4 is 40.7 Å². The predicted molar refractivity (Wildman–Crippen MR) is 167 cm³/mol. The summed E-state index contributed by atoms with van der Waals surface area (Å²) >= 11 is 0. The van der Waals surface area contributed by atoms with Gasteiger partial charge in [0.2, 0.25) is 11.9 Å². The number of carbonyl (C=O) groups excluding carboxylic acids is 1. The van der Waals surface area contributed by atoms with Crippen molar-refractivity contribution in [2.45, 2.75) is 25.0 Å². The summed E-state index contributed by atoms with van der Waals surface area (Å²) in [5.41, 5.74) is 4.19. The maximum Gasteiger partial charge on any atom is 0.323 e. The molecule has 220 valence electrons. The van der Waals surface area contributed by atoms with Gasteiger partial charge < -0.3 is 35.8 Å². The van der Waals surface area contributed by atoms with E-state index in [1.165, 1.54) is 5.69 Å². The highest BCUT2D eigenvalue weighted by atomic mass is 16.5. The van der Waals surface area contributed by atoms with Crippen molar-refractivity contribution in [3.63, 3.8) is 0 Å². The van der Waals surface area contributed by atoms with Gasteiger partial charge in [-0.2, -0.15) is 15.0 Å². The third-order valence-electron chi connectivity index (χ3n) is 7.88. The molecule has 0 radical (unpaired) electrons. The van der Waals surface area contributed by atoms with Crippen LogP contribution in [-0.4, -0.2) is 77.4 Å². The van der Waals surface area contributed by atoms with E-state index < -0.39 is 0 Å². The zero-order valence-electron chi connectivity index (χ0n) is 23.7. The second-order valence-electron chi connectivity index (χ2n) is 11.0. The van der Waals surface area contributed by atoms with E-state index in [1.807, 2.05) is 24.3 Å². The van der Waals surface area contributed by atoms with Crippen molar-refractivity contribution in [1.29, 1.82) is 0 Å². The van der Waals surface area contributed by atoms with Crippen molar-refractivity contribution in [1.82, 2.24) is 25.3 Å². The molecule has 2 atom stereocenters. The van der Waals surface area contributed by atoms with Crippen molar-refractivity contribution in [3.05, 3.63) is 73.1 Å². The monoisotopic (exact) mass is 578 g/mol. The maximum atomic E-state index is 12.4. The molecule has 12 heteroatoms. The van der Waals surface area contributed by atoms with Crippen LogP contribution in [0.2, 0.25) is 0 Å². The summed E-state index contributed by atoms with van der Waals surface area (Å²) in [6, 6.07) is 19.0. The van der Waals surface area contributed by atoms with Gasteiger partial charge in [0, 0.05) is 68.1 Å². The molecule has 12 nitrogen and oxygen atoms in total. The van der Waals surface area contributed by atoms with Crippen LogP contribution in [0.25, 0.3) is 11.4 Å². The standard InChI is InChI=1S/C31H34N10O2/c42-31(36-24-2-1-13-33-18-24)35-23-5-3-21(4-6-23)28-37-29(39-30(38-28)41-19-26-11-12-27(20-41)43-26)34-22-7-9-25(10-8-22)40-16-14-32-15-17-40/h1-10,13,18,26-27,32H,11-12,14-17,19-20H2,(H2,35,36,42)(H,34,37,38,39). The van der Waals surface area contributed by atoms with Crippen molar-refractivity contribution in [2.75, 3.05) is 65.0 Å². The summed E-state index contributed by atoms with van der Waals surface area (Å²) in [5, 5.41) is 12.4. The number of amides is 2. The average molecular weight is 579 g/mol. The lowest BCUT2D eigenvalue weighted by Gasteiger charge is -2.32. The van der Waals surface area contributed by atoms with E-state index >= 15 is 0 Å². The molecule has 0 aliphatic carbocycles. The number of rotatable bonds is 7. The number of urea groups is 1. The number of anilines is 6. The summed E-state index contributed by atoms with van der Waals surface area (Å²) in [5.74, 6) is 1.66. The first kappa shape index (κ1) is 27.0. The summed E-state index contributed by atoms with van der Waals surface area (Å²) in [6.45, 7) is 5.50. The van der Waals surface area contributed by atoms with Gasteiger partial charge in [0.1, 0.15) is 0 Å². The molecule has 43 heavy (non-hydrogen) atoms. The third-order valence-corrected chi connectivity index (χ3v) is 7.88. The number of piperazine rings is 1. The van der Waals surface area contributed by atoms with Crippen LogP contribution in [0.1, 0.15) is 12.8 Å². The Morgan fingerprint density at radius 2 is 1.53 bits per heavy atom. The Balaban J connectivity index is 1.11. The van der Waals surface area contributed by atoms with Gasteiger partial charge in [-0.15, -0.1) is 0 Å². The van der Waals surface area contributed by atoms with Gasteiger partial charge in [-0.1, -0.05) is 0 Å². The highest BCUT2D eigenvalue weighted by Gasteiger charge is 2.35. The lowest BCUT2D eigenvalue weighted by molar-refractivity contribution is 0.0299. The molecule has 2 bridgehead atoms. The maximum absolute atomic E-state index is 12.4. The third kappa shape index (κ3) is 6.50. The van der Waals surface area contributed by atoms with E-state index in [0.29, 0.717) is 29.1 Å². The number of nitrogens with one attached hydrogen (secondary N) is 4. The second kappa shape index (κ2) is 12.2. The Morgan fingerprint density at radius 1 is 0.814 bits per heavy atom. The normalized spacial score (nSPS) is 19.6. The Bertz CT molecular complexity index is 1530. The Kier molecular flexibility index (Phi) is 7.67. The molecule has 0 saturated carbocycles. The zero-order valence-corrected chi connectivity index (χ0v) is 23.7. The minimum atomic E-state index is -0.348. The van der Waals surface area contributed by atoms with Gasteiger partial charge in [-0.3, -0.25) is 4.98 Å². The van der Waals surface area contributed by atoms with E-state index in [-0.39, 0.29) is 18.2 Å². The number of carbonyl (C=O) groups is 1. The van der Waals surface area contributed by atoms with Gasteiger partial charge >= 0.3 is 6.03 Å². The van der Waals surface area contributed by atoms with Crippen LogP contribution in [0.4, 0.5) is 39.4 Å². The average Bonchev–Trinajstić information content (AvgIpc) is 3.39. The Morgan fingerprint density at radius 3 is 2.26 bits per heavy atom. The first-order chi connectivity index (χ1) is 21.1. The molecule has 4 aromatic rings. The minimum absolute atomic E-state index is 0.205. The molecule has 3 saturated heterocycles. The highest BCUT2D eigenvalue weighted by Crippen LogP contribution is 2.30. The van der Waals surface area contributed by atoms with Crippen LogP contribution < -0.4 is 31.1 Å². The fourth-order valence-electron chi connectivity index (χ4n) is 5.71. The second-order valence-corrected chi connectivity index (χ2v) is 11.0. The van der Waals surface area contributed by atoms with Crippen molar-refractivity contribution in [2.24, 2.45) is 0 Å². The molecular formula is C31H34N10O2. The summed E-state index contributed by atoms with van der Waals surface area (Å²) in [4.78, 5) is 35.5. The van der Waals surface area contributed by atoms with Crippen molar-refractivity contribution < 1.29 is 9.53 Å². The van der Waals surface area contributed by atoms with Gasteiger partial charge in [0.25, 0.3) is 0 Å². The van der Waals surface area contributed by atoms with Gasteiger partial charge in [-0.25, -0.2) is 4.79 Å². The van der Waals surface area contributed by atoms with E-state index in [0.717, 1.165) is 63.4 Å². The molecule has 2 unspecified atom stereocenters. The van der Waals surface area contributed by atoms with Gasteiger partial charge in [0.15, 0.2) is 5.82 Å².